The van der Waals surface area contributed by atoms with Crippen LogP contribution in [0.4, 0.5) is 0 Å². The Labute approximate surface area is 125 Å². The van der Waals surface area contributed by atoms with E-state index in [2.05, 4.69) is 11.6 Å². The van der Waals surface area contributed by atoms with Gasteiger partial charge in [0, 0.05) is 12.7 Å². The van der Waals surface area contributed by atoms with Crippen LogP contribution in [-0.4, -0.2) is 14.0 Å². The molecule has 3 heterocycles. The van der Waals surface area contributed by atoms with Crippen LogP contribution in [0.3, 0.4) is 0 Å². The van der Waals surface area contributed by atoms with Crippen molar-refractivity contribution in [2.45, 2.75) is 13.5 Å². The number of aromatic nitrogens is 3. The second-order valence-electron chi connectivity index (χ2n) is 5.01. The zero-order chi connectivity index (χ0) is 15.9. The minimum Gasteiger partial charge on any atom is -0.306 e. The lowest BCUT2D eigenvalue weighted by Gasteiger charge is -2.11. The number of nitriles is 1. The van der Waals surface area contributed by atoms with E-state index in [1.165, 1.54) is 15.0 Å². The number of aryl methyl sites for hydroxylation is 1. The Morgan fingerprint density at radius 3 is 2.95 bits per heavy atom. The largest absolute Gasteiger partial charge is 0.306 e. The van der Waals surface area contributed by atoms with Gasteiger partial charge in [-0.15, -0.1) is 6.58 Å². The summed E-state index contributed by atoms with van der Waals surface area (Å²) in [6, 6.07) is 7.02. The molecular weight excluding hydrogens is 278 g/mol. The molecule has 0 bridgehead atoms. The van der Waals surface area contributed by atoms with Gasteiger partial charge in [0.25, 0.3) is 5.56 Å². The SMILES string of the molecule is C=CCn1c(=N)c(C#N)cc2c(=O)n3cc(C)ccc3nc21. The van der Waals surface area contributed by atoms with Crippen molar-refractivity contribution < 1.29 is 0 Å². The van der Waals surface area contributed by atoms with Crippen LogP contribution in [0.25, 0.3) is 16.7 Å². The van der Waals surface area contributed by atoms with Gasteiger partial charge in [0.05, 0.1) is 10.9 Å². The first-order valence-corrected chi connectivity index (χ1v) is 6.69. The van der Waals surface area contributed by atoms with Gasteiger partial charge < -0.3 is 4.57 Å². The number of nitrogens with one attached hydrogen (secondary N) is 1. The van der Waals surface area contributed by atoms with E-state index < -0.39 is 0 Å². The Hall–Kier alpha value is -3.20. The van der Waals surface area contributed by atoms with Crippen LogP contribution in [0.15, 0.2) is 41.8 Å². The molecule has 22 heavy (non-hydrogen) atoms. The van der Waals surface area contributed by atoms with Crippen LogP contribution < -0.4 is 11.0 Å². The fourth-order valence-corrected chi connectivity index (χ4v) is 2.44. The Bertz CT molecular complexity index is 1080. The quantitative estimate of drug-likeness (QED) is 0.573. The summed E-state index contributed by atoms with van der Waals surface area (Å²) in [5.41, 5.74) is 1.74. The molecule has 108 valence electrons. The number of hydrogen-bond acceptors (Lipinski definition) is 4. The summed E-state index contributed by atoms with van der Waals surface area (Å²) >= 11 is 0. The highest BCUT2D eigenvalue weighted by Gasteiger charge is 2.12. The van der Waals surface area contributed by atoms with Crippen LogP contribution in [0, 0.1) is 23.7 Å². The van der Waals surface area contributed by atoms with Crippen molar-refractivity contribution in [1.29, 1.82) is 10.7 Å². The summed E-state index contributed by atoms with van der Waals surface area (Å²) in [7, 11) is 0. The third-order valence-corrected chi connectivity index (χ3v) is 3.49. The Morgan fingerprint density at radius 1 is 1.50 bits per heavy atom. The fraction of sp³-hybridized carbons (Fsp3) is 0.125. The number of rotatable bonds is 2. The van der Waals surface area contributed by atoms with E-state index >= 15 is 0 Å². The maximum Gasteiger partial charge on any atom is 0.267 e. The molecule has 0 spiro atoms. The van der Waals surface area contributed by atoms with E-state index in [9.17, 15) is 10.1 Å². The van der Waals surface area contributed by atoms with Gasteiger partial charge in [-0.25, -0.2) is 4.98 Å². The second kappa shape index (κ2) is 4.97. The van der Waals surface area contributed by atoms with Gasteiger partial charge in [-0.3, -0.25) is 14.6 Å². The lowest BCUT2D eigenvalue weighted by molar-refractivity contribution is 0.767. The molecule has 0 saturated carbocycles. The van der Waals surface area contributed by atoms with Gasteiger partial charge in [0.1, 0.15) is 22.9 Å². The maximum atomic E-state index is 12.7. The van der Waals surface area contributed by atoms with E-state index in [1.807, 2.05) is 19.1 Å². The molecular formula is C16H13N5O. The van der Waals surface area contributed by atoms with Crippen LogP contribution in [0.2, 0.25) is 0 Å². The summed E-state index contributed by atoms with van der Waals surface area (Å²) < 4.78 is 2.98. The third-order valence-electron chi connectivity index (χ3n) is 3.49. The van der Waals surface area contributed by atoms with Gasteiger partial charge in [0.2, 0.25) is 0 Å². The van der Waals surface area contributed by atoms with E-state index in [0.717, 1.165) is 5.56 Å². The predicted molar refractivity (Wildman–Crippen MR) is 82.5 cm³/mol. The first kappa shape index (κ1) is 13.8. The maximum absolute atomic E-state index is 12.7. The van der Waals surface area contributed by atoms with Crippen molar-refractivity contribution in [3.63, 3.8) is 0 Å². The molecule has 0 aliphatic heterocycles. The first-order chi connectivity index (χ1) is 10.6. The van der Waals surface area contributed by atoms with Crippen LogP contribution >= 0.6 is 0 Å². The zero-order valence-electron chi connectivity index (χ0n) is 12.0. The molecule has 3 rings (SSSR count). The van der Waals surface area contributed by atoms with Crippen molar-refractivity contribution in [2.75, 3.05) is 0 Å². The van der Waals surface area contributed by atoms with E-state index in [1.54, 1.807) is 18.3 Å². The molecule has 3 aromatic rings. The van der Waals surface area contributed by atoms with Crippen LogP contribution in [0.5, 0.6) is 0 Å². The van der Waals surface area contributed by atoms with E-state index in [4.69, 9.17) is 5.41 Å². The van der Waals surface area contributed by atoms with Gasteiger partial charge in [-0.05, 0) is 24.6 Å². The molecule has 0 aliphatic carbocycles. The smallest absolute Gasteiger partial charge is 0.267 e. The topological polar surface area (TPSA) is 86.9 Å². The monoisotopic (exact) mass is 291 g/mol. The van der Waals surface area contributed by atoms with Crippen molar-refractivity contribution >= 4 is 16.7 Å². The van der Waals surface area contributed by atoms with Gasteiger partial charge in [-0.2, -0.15) is 5.26 Å². The molecule has 0 atom stereocenters. The molecule has 6 heteroatoms. The number of pyridine rings is 2. The summed E-state index contributed by atoms with van der Waals surface area (Å²) in [6.45, 7) is 5.85. The van der Waals surface area contributed by atoms with Crippen molar-refractivity contribution in [1.82, 2.24) is 14.0 Å². The normalized spacial score (nSPS) is 10.7. The summed E-state index contributed by atoms with van der Waals surface area (Å²) in [6.07, 6.45) is 3.32. The molecule has 3 aromatic heterocycles. The van der Waals surface area contributed by atoms with E-state index in [0.29, 0.717) is 23.2 Å². The van der Waals surface area contributed by atoms with Gasteiger partial charge in [0.15, 0.2) is 0 Å². The second-order valence-corrected chi connectivity index (χ2v) is 5.01. The van der Waals surface area contributed by atoms with Crippen LogP contribution in [-0.2, 0) is 6.54 Å². The minimum atomic E-state index is -0.252. The summed E-state index contributed by atoms with van der Waals surface area (Å²) in [4.78, 5) is 17.2. The minimum absolute atomic E-state index is 0.0262. The Balaban J connectivity index is 2.61. The molecule has 0 fully saturated rings. The predicted octanol–water partition coefficient (Wildman–Crippen LogP) is 1.49. The summed E-state index contributed by atoms with van der Waals surface area (Å²) in [5, 5.41) is 17.6. The Kier molecular flexibility index (Phi) is 3.11. The molecule has 0 aromatic carbocycles. The third kappa shape index (κ3) is 1.91. The standard InChI is InChI=1S/C16H13N5O/c1-3-6-20-14(18)11(8-17)7-12-15(20)19-13-5-4-10(2)9-21(13)16(12)22/h3-5,7,9,18H,1,6H2,2H3. The highest BCUT2D eigenvalue weighted by molar-refractivity contribution is 5.77. The summed E-state index contributed by atoms with van der Waals surface area (Å²) in [5.74, 6) is 0. The number of fused-ring (bicyclic) bond motifs is 2. The van der Waals surface area contributed by atoms with Crippen molar-refractivity contribution in [2.24, 2.45) is 0 Å². The van der Waals surface area contributed by atoms with Gasteiger partial charge in [-0.1, -0.05) is 12.1 Å². The molecule has 0 amide bonds. The molecule has 6 nitrogen and oxygen atoms in total. The number of allylic oxidation sites excluding steroid dienone is 1. The highest BCUT2D eigenvalue weighted by atomic mass is 16.1. The average Bonchev–Trinajstić information content (AvgIpc) is 2.51. The van der Waals surface area contributed by atoms with E-state index in [-0.39, 0.29) is 16.6 Å². The van der Waals surface area contributed by atoms with Gasteiger partial charge >= 0.3 is 0 Å². The fourth-order valence-electron chi connectivity index (χ4n) is 2.44. The first-order valence-electron chi connectivity index (χ1n) is 6.69. The molecule has 0 saturated heterocycles. The number of nitrogens with zero attached hydrogens (tertiary/aromatic N) is 4. The number of hydrogen-bond donors (Lipinski definition) is 1. The van der Waals surface area contributed by atoms with Crippen LogP contribution in [0.1, 0.15) is 11.1 Å². The molecule has 0 radical (unpaired) electrons. The zero-order valence-corrected chi connectivity index (χ0v) is 12.0. The molecule has 1 N–H and O–H groups in total. The lowest BCUT2D eigenvalue weighted by atomic mass is 10.2. The molecule has 0 unspecified atom stereocenters. The van der Waals surface area contributed by atoms with Crippen molar-refractivity contribution in [3.8, 4) is 6.07 Å². The highest BCUT2D eigenvalue weighted by Crippen LogP contribution is 2.10. The average molecular weight is 291 g/mol. The Morgan fingerprint density at radius 2 is 2.27 bits per heavy atom. The van der Waals surface area contributed by atoms with Crippen molar-refractivity contribution in [3.05, 3.63) is 64.0 Å². The molecule has 0 aliphatic rings. The lowest BCUT2D eigenvalue weighted by Crippen LogP contribution is -2.27.